The van der Waals surface area contributed by atoms with Crippen LogP contribution in [0.25, 0.3) is 0 Å². The van der Waals surface area contributed by atoms with Crippen LogP contribution in [0.2, 0.25) is 0 Å². The molecule has 0 spiro atoms. The van der Waals surface area contributed by atoms with Crippen LogP contribution in [0.4, 0.5) is 10.1 Å². The third-order valence-electron chi connectivity index (χ3n) is 4.94. The Morgan fingerprint density at radius 3 is 2.81 bits per heavy atom. The van der Waals surface area contributed by atoms with Crippen molar-refractivity contribution in [2.75, 3.05) is 31.1 Å². The molecule has 116 valence electrons. The third kappa shape index (κ3) is 2.92. The largest absolute Gasteiger partial charge is 0.389 e. The van der Waals surface area contributed by atoms with E-state index in [4.69, 9.17) is 0 Å². The standard InChI is InChI=1S/C17H25FN2O/c1-12-9-17(15(13(2)21)10-16(12)18)20-8-7-19-6-4-3-5-14(19)11-20/h9-10,13-14,21H,3-8,11H2,1-2H3. The minimum atomic E-state index is -0.639. The van der Waals surface area contributed by atoms with E-state index in [9.17, 15) is 9.50 Å². The van der Waals surface area contributed by atoms with Crippen LogP contribution in [-0.4, -0.2) is 42.2 Å². The summed E-state index contributed by atoms with van der Waals surface area (Å²) in [5.74, 6) is -0.231. The summed E-state index contributed by atoms with van der Waals surface area (Å²) < 4.78 is 13.8. The highest BCUT2D eigenvalue weighted by Gasteiger charge is 2.30. The van der Waals surface area contributed by atoms with Gasteiger partial charge in [-0.2, -0.15) is 0 Å². The maximum absolute atomic E-state index is 13.8. The minimum absolute atomic E-state index is 0.231. The van der Waals surface area contributed by atoms with Crippen molar-refractivity contribution in [2.45, 2.75) is 45.3 Å². The Morgan fingerprint density at radius 1 is 1.24 bits per heavy atom. The molecule has 0 saturated carbocycles. The Kier molecular flexibility index (Phi) is 4.18. The molecule has 2 saturated heterocycles. The van der Waals surface area contributed by atoms with Crippen molar-refractivity contribution in [1.82, 2.24) is 4.90 Å². The normalized spacial score (nSPS) is 24.8. The molecule has 4 heteroatoms. The molecule has 3 rings (SSSR count). The number of anilines is 1. The van der Waals surface area contributed by atoms with Crippen molar-refractivity contribution >= 4 is 5.69 Å². The summed E-state index contributed by atoms with van der Waals surface area (Å²) in [5.41, 5.74) is 2.37. The molecule has 0 aliphatic carbocycles. The van der Waals surface area contributed by atoms with Crippen LogP contribution in [0, 0.1) is 12.7 Å². The van der Waals surface area contributed by atoms with Gasteiger partial charge in [-0.1, -0.05) is 6.42 Å². The lowest BCUT2D eigenvalue weighted by molar-refractivity contribution is 0.133. The zero-order valence-electron chi connectivity index (χ0n) is 13.0. The number of halogens is 1. The molecule has 2 atom stereocenters. The van der Waals surface area contributed by atoms with Gasteiger partial charge in [0, 0.05) is 36.9 Å². The molecule has 2 heterocycles. The summed E-state index contributed by atoms with van der Waals surface area (Å²) in [7, 11) is 0. The van der Waals surface area contributed by atoms with Crippen molar-refractivity contribution in [1.29, 1.82) is 0 Å². The highest BCUT2D eigenvalue weighted by molar-refractivity contribution is 5.57. The topological polar surface area (TPSA) is 26.7 Å². The molecule has 21 heavy (non-hydrogen) atoms. The summed E-state index contributed by atoms with van der Waals surface area (Å²) in [6.45, 7) is 7.74. The molecule has 0 aromatic heterocycles. The lowest BCUT2D eigenvalue weighted by atomic mass is 9.97. The van der Waals surface area contributed by atoms with E-state index >= 15 is 0 Å². The number of fused-ring (bicyclic) bond motifs is 1. The first-order chi connectivity index (χ1) is 10.1. The van der Waals surface area contributed by atoms with E-state index in [2.05, 4.69) is 9.80 Å². The van der Waals surface area contributed by atoms with Crippen molar-refractivity contribution in [3.63, 3.8) is 0 Å². The number of aryl methyl sites for hydroxylation is 1. The maximum Gasteiger partial charge on any atom is 0.126 e. The number of benzene rings is 1. The van der Waals surface area contributed by atoms with Crippen LogP contribution in [0.1, 0.15) is 43.4 Å². The van der Waals surface area contributed by atoms with Crippen molar-refractivity contribution < 1.29 is 9.50 Å². The second-order valence-corrected chi connectivity index (χ2v) is 6.47. The van der Waals surface area contributed by atoms with Gasteiger partial charge >= 0.3 is 0 Å². The number of nitrogens with zero attached hydrogens (tertiary/aromatic N) is 2. The lowest BCUT2D eigenvalue weighted by Gasteiger charge is -2.45. The molecular weight excluding hydrogens is 267 g/mol. The molecule has 0 amide bonds. The van der Waals surface area contributed by atoms with E-state index < -0.39 is 6.10 Å². The van der Waals surface area contributed by atoms with Crippen LogP contribution in [-0.2, 0) is 0 Å². The SMILES string of the molecule is Cc1cc(N2CCN3CCCCC3C2)c(C(C)O)cc1F. The second-order valence-electron chi connectivity index (χ2n) is 6.47. The average Bonchev–Trinajstić information content (AvgIpc) is 2.49. The van der Waals surface area contributed by atoms with Gasteiger partial charge in [-0.25, -0.2) is 4.39 Å². The molecule has 0 radical (unpaired) electrons. The quantitative estimate of drug-likeness (QED) is 0.908. The van der Waals surface area contributed by atoms with E-state index in [1.807, 2.05) is 6.07 Å². The fraction of sp³-hybridized carbons (Fsp3) is 0.647. The van der Waals surface area contributed by atoms with Crippen molar-refractivity contribution in [2.24, 2.45) is 0 Å². The fourth-order valence-corrected chi connectivity index (χ4v) is 3.66. The number of hydrogen-bond donors (Lipinski definition) is 1. The van der Waals surface area contributed by atoms with E-state index in [1.165, 1.54) is 31.9 Å². The summed E-state index contributed by atoms with van der Waals surface area (Å²) >= 11 is 0. The first-order valence-corrected chi connectivity index (χ1v) is 8.03. The van der Waals surface area contributed by atoms with Crippen molar-refractivity contribution in [3.8, 4) is 0 Å². The monoisotopic (exact) mass is 292 g/mol. The van der Waals surface area contributed by atoms with Crippen LogP contribution < -0.4 is 4.90 Å². The Bertz CT molecular complexity index is 518. The highest BCUT2D eigenvalue weighted by Crippen LogP contribution is 2.32. The van der Waals surface area contributed by atoms with E-state index in [-0.39, 0.29) is 5.82 Å². The molecule has 1 aromatic rings. The lowest BCUT2D eigenvalue weighted by Crippen LogP contribution is -2.55. The molecule has 2 unspecified atom stereocenters. The van der Waals surface area contributed by atoms with Crippen LogP contribution in [0.15, 0.2) is 12.1 Å². The number of aliphatic hydroxyl groups excluding tert-OH is 1. The molecule has 3 nitrogen and oxygen atoms in total. The first-order valence-electron chi connectivity index (χ1n) is 8.03. The molecule has 2 fully saturated rings. The van der Waals surface area contributed by atoms with Gasteiger partial charge in [-0.05, 0) is 50.9 Å². The predicted molar refractivity (Wildman–Crippen MR) is 83.2 cm³/mol. The number of piperazine rings is 1. The van der Waals surface area contributed by atoms with Gasteiger partial charge in [0.05, 0.1) is 6.10 Å². The third-order valence-corrected chi connectivity index (χ3v) is 4.94. The zero-order chi connectivity index (χ0) is 15.0. The predicted octanol–water partition coefficient (Wildman–Crippen LogP) is 2.86. The Balaban J connectivity index is 1.87. The highest BCUT2D eigenvalue weighted by atomic mass is 19.1. The fourth-order valence-electron chi connectivity index (χ4n) is 3.66. The van der Waals surface area contributed by atoms with Crippen LogP contribution >= 0.6 is 0 Å². The molecular formula is C17H25FN2O. The van der Waals surface area contributed by atoms with Crippen molar-refractivity contribution in [3.05, 3.63) is 29.1 Å². The first kappa shape index (κ1) is 14.8. The summed E-state index contributed by atoms with van der Waals surface area (Å²) in [4.78, 5) is 4.92. The zero-order valence-corrected chi connectivity index (χ0v) is 13.0. The summed E-state index contributed by atoms with van der Waals surface area (Å²) in [6, 6.07) is 4.01. The molecule has 0 bridgehead atoms. The van der Waals surface area contributed by atoms with Crippen LogP contribution in [0.5, 0.6) is 0 Å². The Labute approximate surface area is 126 Å². The van der Waals surface area contributed by atoms with Gasteiger partial charge in [0.1, 0.15) is 5.82 Å². The van der Waals surface area contributed by atoms with Gasteiger partial charge in [0.2, 0.25) is 0 Å². The van der Waals surface area contributed by atoms with E-state index in [0.717, 1.165) is 25.3 Å². The Morgan fingerprint density at radius 2 is 2.05 bits per heavy atom. The maximum atomic E-state index is 13.8. The van der Waals surface area contributed by atoms with Crippen LogP contribution in [0.3, 0.4) is 0 Å². The minimum Gasteiger partial charge on any atom is -0.389 e. The van der Waals surface area contributed by atoms with Gasteiger partial charge in [-0.15, -0.1) is 0 Å². The molecule has 2 aliphatic heterocycles. The van der Waals surface area contributed by atoms with Gasteiger partial charge < -0.3 is 10.0 Å². The number of hydrogen-bond acceptors (Lipinski definition) is 3. The number of piperidine rings is 1. The average molecular weight is 292 g/mol. The van der Waals surface area contributed by atoms with Gasteiger partial charge in [-0.3, -0.25) is 4.90 Å². The number of rotatable bonds is 2. The number of aliphatic hydroxyl groups is 1. The molecule has 1 N–H and O–H groups in total. The second kappa shape index (κ2) is 5.93. The van der Waals surface area contributed by atoms with E-state index in [0.29, 0.717) is 17.2 Å². The smallest absolute Gasteiger partial charge is 0.126 e. The van der Waals surface area contributed by atoms with Gasteiger partial charge in [0.15, 0.2) is 0 Å². The Hall–Kier alpha value is -1.13. The molecule has 2 aliphatic rings. The van der Waals surface area contributed by atoms with E-state index in [1.54, 1.807) is 13.8 Å². The summed E-state index contributed by atoms with van der Waals surface area (Å²) in [6.07, 6.45) is 3.23. The summed E-state index contributed by atoms with van der Waals surface area (Å²) in [5, 5.41) is 9.98. The molecule has 1 aromatic carbocycles. The van der Waals surface area contributed by atoms with Gasteiger partial charge in [0.25, 0.3) is 0 Å².